The monoisotopic (exact) mass is 323 g/mol. The van der Waals surface area contributed by atoms with Gasteiger partial charge in [0.2, 0.25) is 5.91 Å². The number of hydrogen-bond acceptors (Lipinski definition) is 2. The van der Waals surface area contributed by atoms with E-state index in [1.54, 1.807) is 0 Å². The van der Waals surface area contributed by atoms with E-state index in [0.717, 1.165) is 45.2 Å². The first kappa shape index (κ1) is 15.4. The number of hydrogen-bond donors (Lipinski definition) is 0. The summed E-state index contributed by atoms with van der Waals surface area (Å²) in [6.45, 7) is 1.79. The van der Waals surface area contributed by atoms with Crippen LogP contribution >= 0.6 is 0 Å². The van der Waals surface area contributed by atoms with Crippen LogP contribution in [0.15, 0.2) is 42.7 Å². The van der Waals surface area contributed by atoms with Crippen molar-refractivity contribution < 1.29 is 4.79 Å². The largest absolute Gasteiger partial charge is 0.342 e. The molecule has 2 aromatic rings. The molecule has 0 N–H and O–H groups in total. The summed E-state index contributed by atoms with van der Waals surface area (Å²) >= 11 is 0. The minimum Gasteiger partial charge on any atom is -0.342 e. The molecule has 1 saturated heterocycles. The number of aromatic nitrogens is 2. The van der Waals surface area contributed by atoms with Gasteiger partial charge in [0.1, 0.15) is 0 Å². The van der Waals surface area contributed by atoms with Crippen LogP contribution < -0.4 is 0 Å². The van der Waals surface area contributed by atoms with E-state index in [1.807, 2.05) is 24.0 Å². The van der Waals surface area contributed by atoms with Crippen molar-refractivity contribution in [3.05, 3.63) is 53.9 Å². The number of carbonyl (C=O) groups is 1. The van der Waals surface area contributed by atoms with Crippen molar-refractivity contribution in [3.63, 3.8) is 0 Å². The SMILES string of the molecule is Cn1cc(C[C@@H]2CCN(C(=O)C3(c4ccccc4)CCC3)C2)cn1. The fourth-order valence-electron chi connectivity index (χ4n) is 4.31. The van der Waals surface area contributed by atoms with Gasteiger partial charge in [0.15, 0.2) is 0 Å². The van der Waals surface area contributed by atoms with Gasteiger partial charge in [-0.2, -0.15) is 5.10 Å². The molecule has 0 unspecified atom stereocenters. The van der Waals surface area contributed by atoms with E-state index in [9.17, 15) is 4.79 Å². The summed E-state index contributed by atoms with van der Waals surface area (Å²) in [5.41, 5.74) is 2.24. The molecule has 2 fully saturated rings. The first-order chi connectivity index (χ1) is 11.7. The van der Waals surface area contributed by atoms with Crippen LogP contribution in [-0.4, -0.2) is 33.7 Å². The fraction of sp³-hybridized carbons (Fsp3) is 0.500. The van der Waals surface area contributed by atoms with Crippen LogP contribution in [0.2, 0.25) is 0 Å². The molecular weight excluding hydrogens is 298 g/mol. The molecule has 126 valence electrons. The lowest BCUT2D eigenvalue weighted by Crippen LogP contribution is -2.50. The number of likely N-dealkylation sites (tertiary alicyclic amines) is 1. The molecule has 1 aliphatic heterocycles. The Labute approximate surface area is 143 Å². The third-order valence-corrected chi connectivity index (χ3v) is 5.80. The summed E-state index contributed by atoms with van der Waals surface area (Å²) in [4.78, 5) is 15.4. The Morgan fingerprint density at radius 3 is 2.71 bits per heavy atom. The molecular formula is C20H25N3O. The topological polar surface area (TPSA) is 38.1 Å². The van der Waals surface area contributed by atoms with Crippen molar-refractivity contribution in [1.82, 2.24) is 14.7 Å². The van der Waals surface area contributed by atoms with Crippen molar-refractivity contribution in [2.24, 2.45) is 13.0 Å². The minimum atomic E-state index is -0.246. The van der Waals surface area contributed by atoms with E-state index in [4.69, 9.17) is 0 Å². The Hall–Kier alpha value is -2.10. The lowest BCUT2D eigenvalue weighted by molar-refractivity contribution is -0.140. The summed E-state index contributed by atoms with van der Waals surface area (Å²) in [5, 5.41) is 4.25. The lowest BCUT2D eigenvalue weighted by atomic mass is 9.63. The number of carbonyl (C=O) groups excluding carboxylic acids is 1. The minimum absolute atomic E-state index is 0.246. The van der Waals surface area contributed by atoms with Crippen LogP contribution in [0.4, 0.5) is 0 Å². The van der Waals surface area contributed by atoms with Crippen molar-refractivity contribution in [3.8, 4) is 0 Å². The maximum absolute atomic E-state index is 13.3. The first-order valence-corrected chi connectivity index (χ1v) is 9.00. The van der Waals surface area contributed by atoms with Gasteiger partial charge in [0.05, 0.1) is 11.6 Å². The highest BCUT2D eigenvalue weighted by Gasteiger charge is 2.48. The summed E-state index contributed by atoms with van der Waals surface area (Å²) in [7, 11) is 1.95. The van der Waals surface area contributed by atoms with Crippen molar-refractivity contribution >= 4 is 5.91 Å². The molecule has 4 heteroatoms. The van der Waals surface area contributed by atoms with E-state index in [2.05, 4.69) is 40.5 Å². The quantitative estimate of drug-likeness (QED) is 0.868. The zero-order valence-corrected chi connectivity index (χ0v) is 14.3. The van der Waals surface area contributed by atoms with Gasteiger partial charge >= 0.3 is 0 Å². The molecule has 0 radical (unpaired) electrons. The smallest absolute Gasteiger partial charge is 0.233 e. The zero-order chi connectivity index (χ0) is 16.6. The molecule has 4 nitrogen and oxygen atoms in total. The third kappa shape index (κ3) is 2.64. The van der Waals surface area contributed by atoms with Gasteiger partial charge in [-0.15, -0.1) is 0 Å². The highest BCUT2D eigenvalue weighted by Crippen LogP contribution is 2.45. The van der Waals surface area contributed by atoms with Gasteiger partial charge in [-0.1, -0.05) is 36.8 Å². The van der Waals surface area contributed by atoms with E-state index in [-0.39, 0.29) is 5.41 Å². The highest BCUT2D eigenvalue weighted by atomic mass is 16.2. The average molecular weight is 323 g/mol. The molecule has 2 aliphatic rings. The van der Waals surface area contributed by atoms with Gasteiger partial charge in [-0.05, 0) is 42.7 Å². The van der Waals surface area contributed by atoms with Gasteiger partial charge in [-0.25, -0.2) is 0 Å². The average Bonchev–Trinajstić information content (AvgIpc) is 3.17. The summed E-state index contributed by atoms with van der Waals surface area (Å²) in [6, 6.07) is 10.4. The van der Waals surface area contributed by atoms with E-state index in [0.29, 0.717) is 11.8 Å². The van der Waals surface area contributed by atoms with Crippen LogP contribution in [0.3, 0.4) is 0 Å². The normalized spacial score (nSPS) is 22.4. The highest BCUT2D eigenvalue weighted by molar-refractivity contribution is 5.89. The molecule has 0 spiro atoms. The summed E-state index contributed by atoms with van der Waals surface area (Å²) in [6.07, 6.45) is 9.32. The summed E-state index contributed by atoms with van der Waals surface area (Å²) in [5.74, 6) is 0.916. The Morgan fingerprint density at radius 1 is 1.29 bits per heavy atom. The molecule has 1 aromatic carbocycles. The molecule has 24 heavy (non-hydrogen) atoms. The molecule has 1 atom stereocenters. The summed E-state index contributed by atoms with van der Waals surface area (Å²) < 4.78 is 1.85. The van der Waals surface area contributed by atoms with Gasteiger partial charge in [0.25, 0.3) is 0 Å². The number of nitrogens with zero attached hydrogens (tertiary/aromatic N) is 3. The van der Waals surface area contributed by atoms with Crippen LogP contribution in [0.25, 0.3) is 0 Å². The van der Waals surface area contributed by atoms with Crippen molar-refractivity contribution in [2.45, 2.75) is 37.5 Å². The Kier molecular flexibility index (Phi) is 3.91. The number of rotatable bonds is 4. The maximum Gasteiger partial charge on any atom is 0.233 e. The number of amides is 1. The lowest BCUT2D eigenvalue weighted by Gasteiger charge is -2.43. The molecule has 0 bridgehead atoms. The zero-order valence-electron chi connectivity index (χ0n) is 14.3. The van der Waals surface area contributed by atoms with Gasteiger partial charge in [-0.3, -0.25) is 9.48 Å². The Balaban J connectivity index is 1.45. The number of benzene rings is 1. The molecule has 1 aromatic heterocycles. The van der Waals surface area contributed by atoms with E-state index in [1.165, 1.54) is 11.1 Å². The predicted molar refractivity (Wildman–Crippen MR) is 93.6 cm³/mol. The van der Waals surface area contributed by atoms with E-state index >= 15 is 0 Å². The first-order valence-electron chi connectivity index (χ1n) is 9.00. The van der Waals surface area contributed by atoms with Crippen LogP contribution in [-0.2, 0) is 23.7 Å². The second kappa shape index (κ2) is 6.08. The second-order valence-corrected chi connectivity index (χ2v) is 7.43. The van der Waals surface area contributed by atoms with Crippen molar-refractivity contribution in [1.29, 1.82) is 0 Å². The predicted octanol–water partition coefficient (Wildman–Crippen LogP) is 2.93. The van der Waals surface area contributed by atoms with Crippen molar-refractivity contribution in [2.75, 3.05) is 13.1 Å². The molecule has 1 amide bonds. The Bertz CT molecular complexity index is 717. The molecule has 2 heterocycles. The second-order valence-electron chi connectivity index (χ2n) is 7.43. The molecule has 1 aliphatic carbocycles. The van der Waals surface area contributed by atoms with E-state index < -0.39 is 0 Å². The standard InChI is InChI=1S/C20H25N3O/c1-22-14-17(13-21-22)12-16-8-11-23(15-16)19(24)20(9-5-10-20)18-6-3-2-4-7-18/h2-4,6-7,13-14,16H,5,8-12,15H2,1H3/t16-/m0/s1. The maximum atomic E-state index is 13.3. The van der Waals surface area contributed by atoms with Gasteiger partial charge < -0.3 is 4.90 Å². The number of aryl methyl sites for hydroxylation is 1. The Morgan fingerprint density at radius 2 is 2.08 bits per heavy atom. The molecule has 1 saturated carbocycles. The van der Waals surface area contributed by atoms with Crippen LogP contribution in [0.1, 0.15) is 36.8 Å². The van der Waals surface area contributed by atoms with Gasteiger partial charge in [0, 0.05) is 26.3 Å². The fourth-order valence-corrected chi connectivity index (χ4v) is 4.31. The molecule has 4 rings (SSSR count). The van der Waals surface area contributed by atoms with Crippen LogP contribution in [0.5, 0.6) is 0 Å². The van der Waals surface area contributed by atoms with Crippen LogP contribution in [0, 0.1) is 5.92 Å². The third-order valence-electron chi connectivity index (χ3n) is 5.80.